The minimum absolute atomic E-state index is 0.00897. The average molecular weight is 501 g/mol. The van der Waals surface area contributed by atoms with Crippen molar-refractivity contribution in [2.45, 2.75) is 12.7 Å². The normalized spacial score (nSPS) is 11.5. The summed E-state index contributed by atoms with van der Waals surface area (Å²) in [6.07, 6.45) is 0.399. The number of hydrogen-bond donors (Lipinski definition) is 2. The van der Waals surface area contributed by atoms with Crippen LogP contribution >= 0.6 is 11.8 Å². The zero-order chi connectivity index (χ0) is 25.4. The number of carbonyl (C=O) groups is 1. The highest BCUT2D eigenvalue weighted by Crippen LogP contribution is 2.41. The molecule has 0 fully saturated rings. The molecule has 180 valence electrons. The Kier molecular flexibility index (Phi) is 8.22. The number of furan rings is 1. The molecule has 2 aromatic carbocycles. The number of thioether (sulfide) groups is 1. The van der Waals surface area contributed by atoms with Crippen molar-refractivity contribution < 1.29 is 31.9 Å². The van der Waals surface area contributed by atoms with Crippen LogP contribution in [0, 0.1) is 16.7 Å². The van der Waals surface area contributed by atoms with Crippen LogP contribution in [0.15, 0.2) is 64.3 Å². The summed E-state index contributed by atoms with van der Waals surface area (Å²) in [5.41, 5.74) is 0.0926. The van der Waals surface area contributed by atoms with Gasteiger partial charge in [0.15, 0.2) is 23.0 Å². The molecule has 0 aliphatic heterocycles. The van der Waals surface area contributed by atoms with Crippen LogP contribution in [0.1, 0.15) is 22.3 Å². The second kappa shape index (κ2) is 11.3. The number of amidine groups is 1. The maximum absolute atomic E-state index is 13.4. The van der Waals surface area contributed by atoms with Crippen molar-refractivity contribution in [2.24, 2.45) is 0 Å². The lowest BCUT2D eigenvalue weighted by Gasteiger charge is -2.16. The molecule has 0 radical (unpaired) electrons. The zero-order valence-corrected chi connectivity index (χ0v) is 19.0. The second-order valence-electron chi connectivity index (χ2n) is 6.91. The van der Waals surface area contributed by atoms with Gasteiger partial charge in [-0.05, 0) is 59.8 Å². The lowest BCUT2D eigenvalue weighted by Crippen LogP contribution is -2.18. The summed E-state index contributed by atoms with van der Waals surface area (Å²) in [7, 11) is 1.32. The second-order valence-corrected chi connectivity index (χ2v) is 8.00. The molecule has 2 N–H and O–H groups in total. The Morgan fingerprint density at radius 1 is 1.20 bits per heavy atom. The monoisotopic (exact) mass is 501 g/mol. The number of rotatable bonds is 8. The number of carbonyl (C=O) groups excluding carboxylic acids is 1. The van der Waals surface area contributed by atoms with Gasteiger partial charge in [0.1, 0.15) is 5.75 Å². The Hall–Kier alpha value is -4.17. The highest BCUT2D eigenvalue weighted by atomic mass is 32.2. The van der Waals surface area contributed by atoms with E-state index in [1.54, 1.807) is 12.1 Å². The van der Waals surface area contributed by atoms with Crippen molar-refractivity contribution in [3.8, 4) is 23.3 Å². The van der Waals surface area contributed by atoms with Crippen LogP contribution in [-0.4, -0.2) is 18.6 Å². The van der Waals surface area contributed by atoms with E-state index in [0.717, 1.165) is 23.4 Å². The van der Waals surface area contributed by atoms with Gasteiger partial charge in [-0.15, -0.1) is 0 Å². The third-order valence-corrected chi connectivity index (χ3v) is 5.30. The van der Waals surface area contributed by atoms with Crippen molar-refractivity contribution in [3.05, 3.63) is 82.1 Å². The van der Waals surface area contributed by atoms with E-state index in [-0.39, 0.29) is 27.1 Å². The van der Waals surface area contributed by atoms with Crippen LogP contribution in [0.2, 0.25) is 0 Å². The van der Waals surface area contributed by atoms with E-state index < -0.39 is 17.5 Å². The summed E-state index contributed by atoms with van der Waals surface area (Å²) in [6.45, 7) is 0.351. The molecule has 0 aliphatic rings. The smallest absolute Gasteiger partial charge is 0.420 e. The first-order valence-electron chi connectivity index (χ1n) is 9.89. The molecule has 1 heterocycles. The molecule has 0 aliphatic carbocycles. The van der Waals surface area contributed by atoms with E-state index >= 15 is 0 Å². The Balaban J connectivity index is 1.79. The molecule has 0 saturated carbocycles. The van der Waals surface area contributed by atoms with Gasteiger partial charge in [0.25, 0.3) is 0 Å². The first kappa shape index (κ1) is 25.5. The van der Waals surface area contributed by atoms with E-state index in [1.165, 1.54) is 50.0 Å². The molecule has 3 rings (SSSR count). The van der Waals surface area contributed by atoms with E-state index in [4.69, 9.17) is 24.6 Å². The first-order valence-corrected chi connectivity index (χ1v) is 10.7. The van der Waals surface area contributed by atoms with Gasteiger partial charge >= 0.3 is 6.18 Å². The van der Waals surface area contributed by atoms with Gasteiger partial charge < -0.3 is 19.2 Å². The Morgan fingerprint density at radius 2 is 1.97 bits per heavy atom. The molecule has 7 nitrogen and oxygen atoms in total. The predicted octanol–water partition coefficient (Wildman–Crippen LogP) is 5.97. The van der Waals surface area contributed by atoms with Crippen LogP contribution in [0.4, 0.5) is 13.2 Å². The Morgan fingerprint density at radius 3 is 2.60 bits per heavy atom. The first-order chi connectivity index (χ1) is 16.7. The zero-order valence-electron chi connectivity index (χ0n) is 18.2. The number of aldehydes is 1. The van der Waals surface area contributed by atoms with Gasteiger partial charge in [-0.25, -0.2) is 0 Å². The van der Waals surface area contributed by atoms with Crippen LogP contribution in [0.5, 0.6) is 17.2 Å². The fraction of sp³-hybridized carbons (Fsp3) is 0.125. The Bertz CT molecular complexity index is 1280. The maximum Gasteiger partial charge on any atom is 0.420 e. The van der Waals surface area contributed by atoms with Gasteiger partial charge in [-0.1, -0.05) is 6.07 Å². The molecule has 0 bridgehead atoms. The molecule has 0 saturated heterocycles. The third kappa shape index (κ3) is 6.91. The van der Waals surface area contributed by atoms with E-state index in [0.29, 0.717) is 24.5 Å². The molecule has 1 aromatic heterocycles. The molecular formula is C24H18F3N3O4S. The predicted molar refractivity (Wildman–Crippen MR) is 124 cm³/mol. The van der Waals surface area contributed by atoms with Crippen molar-refractivity contribution in [1.29, 1.82) is 10.7 Å². The summed E-state index contributed by atoms with van der Waals surface area (Å²) >= 11 is 0.901. The molecule has 0 spiro atoms. The minimum Gasteiger partial charge on any atom is -0.493 e. The van der Waals surface area contributed by atoms with Gasteiger partial charge in [-0.2, -0.15) is 18.4 Å². The van der Waals surface area contributed by atoms with Gasteiger partial charge in [0.2, 0.25) is 0 Å². The number of halogens is 3. The number of alkyl halides is 3. The highest BCUT2D eigenvalue weighted by Gasteiger charge is 2.35. The van der Waals surface area contributed by atoms with Gasteiger partial charge in [0, 0.05) is 12.1 Å². The number of methoxy groups -OCH3 is 1. The van der Waals surface area contributed by atoms with Crippen LogP contribution in [-0.2, 0) is 17.5 Å². The largest absolute Gasteiger partial charge is 0.493 e. The number of benzene rings is 2. The number of hydrogen-bond acceptors (Lipinski definition) is 7. The lowest BCUT2D eigenvalue weighted by atomic mass is 10.1. The van der Waals surface area contributed by atoms with Crippen LogP contribution in [0.3, 0.4) is 0 Å². The molecule has 35 heavy (non-hydrogen) atoms. The number of nitrogens with zero attached hydrogens (tertiary/aromatic N) is 1. The Labute approximate surface area is 202 Å². The van der Waals surface area contributed by atoms with E-state index in [1.807, 2.05) is 0 Å². The lowest BCUT2D eigenvalue weighted by molar-refractivity contribution is -0.138. The summed E-state index contributed by atoms with van der Waals surface area (Å²) in [4.78, 5) is 11.7. The van der Waals surface area contributed by atoms with Crippen molar-refractivity contribution in [2.75, 3.05) is 7.11 Å². The fourth-order valence-electron chi connectivity index (χ4n) is 2.87. The van der Waals surface area contributed by atoms with E-state index in [2.05, 4.69) is 5.32 Å². The molecule has 0 atom stereocenters. The quantitative estimate of drug-likeness (QED) is 0.169. The van der Waals surface area contributed by atoms with Crippen molar-refractivity contribution >= 4 is 29.3 Å². The highest BCUT2D eigenvalue weighted by molar-refractivity contribution is 8.17. The van der Waals surface area contributed by atoms with Gasteiger partial charge in [-0.3, -0.25) is 10.2 Å². The van der Waals surface area contributed by atoms with Crippen LogP contribution in [0.25, 0.3) is 6.08 Å². The summed E-state index contributed by atoms with van der Waals surface area (Å²) in [5.74, 6) is -0.353. The molecule has 0 unspecified atom stereocenters. The molecular weight excluding hydrogens is 483 g/mol. The minimum atomic E-state index is -4.73. The molecule has 11 heteroatoms. The molecule has 0 amide bonds. The molecule has 3 aromatic rings. The SMILES string of the molecule is COc1cc(/C=C(/C=O)SC(=N)NCc2ccoc2)ccc1Oc1ccc(C#N)cc1C(F)(F)F. The average Bonchev–Trinajstić information content (AvgIpc) is 3.36. The maximum atomic E-state index is 13.4. The van der Waals surface area contributed by atoms with E-state index in [9.17, 15) is 18.0 Å². The fourth-order valence-corrected chi connectivity index (χ4v) is 3.49. The standard InChI is InChI=1S/C24H18F3N3O4S/c1-32-22-10-15(8-18(13-31)35-23(29)30-12-17-6-7-33-14-17)2-5-21(22)34-20-4-3-16(11-28)9-19(20)24(25,26)27/h2-10,13-14H,12H2,1H3,(H2,29,30)/b18-8-. The summed E-state index contributed by atoms with van der Waals surface area (Å²) < 4.78 is 56.0. The number of nitriles is 1. The number of allylic oxidation sites excluding steroid dienone is 1. The summed E-state index contributed by atoms with van der Waals surface area (Å²) in [6, 6.07) is 10.8. The topological polar surface area (TPSA) is 108 Å². The van der Waals surface area contributed by atoms with Crippen molar-refractivity contribution in [3.63, 3.8) is 0 Å². The van der Waals surface area contributed by atoms with Crippen molar-refractivity contribution in [1.82, 2.24) is 5.32 Å². The number of ether oxygens (including phenoxy) is 2. The summed E-state index contributed by atoms with van der Waals surface area (Å²) in [5, 5.41) is 19.8. The third-order valence-electron chi connectivity index (χ3n) is 4.50. The van der Waals surface area contributed by atoms with Gasteiger partial charge in [0.05, 0.1) is 41.7 Å². The van der Waals surface area contributed by atoms with Crippen LogP contribution < -0.4 is 14.8 Å². The number of nitrogens with one attached hydrogen (secondary N) is 2.